The van der Waals surface area contributed by atoms with Gasteiger partial charge in [-0.15, -0.1) is 0 Å². The molecule has 27 heavy (non-hydrogen) atoms. The average molecular weight is 379 g/mol. The number of rotatable bonds is 7. The SMILES string of the molecule is COc1ccc(CN(C)C(=O)COC(=O)c2cc([N+](=O)[O-])cn2C)cc1F. The molecule has 10 heteroatoms. The number of hydrogen-bond donors (Lipinski definition) is 0. The van der Waals surface area contributed by atoms with E-state index in [2.05, 4.69) is 0 Å². The molecule has 0 aliphatic heterocycles. The van der Waals surface area contributed by atoms with Crippen molar-refractivity contribution in [3.05, 3.63) is 57.7 Å². The van der Waals surface area contributed by atoms with Gasteiger partial charge in [-0.2, -0.15) is 0 Å². The molecule has 0 saturated carbocycles. The van der Waals surface area contributed by atoms with Crippen LogP contribution in [0.1, 0.15) is 16.1 Å². The molecule has 1 aromatic heterocycles. The molecule has 0 N–H and O–H groups in total. The zero-order valence-electron chi connectivity index (χ0n) is 15.0. The number of nitrogens with zero attached hydrogens (tertiary/aromatic N) is 3. The Morgan fingerprint density at radius 3 is 2.59 bits per heavy atom. The van der Waals surface area contributed by atoms with Gasteiger partial charge in [0, 0.05) is 26.7 Å². The van der Waals surface area contributed by atoms with Crippen LogP contribution in [-0.2, 0) is 23.1 Å². The molecule has 0 unspecified atom stereocenters. The zero-order chi connectivity index (χ0) is 20.1. The van der Waals surface area contributed by atoms with Gasteiger partial charge in [-0.25, -0.2) is 9.18 Å². The van der Waals surface area contributed by atoms with Crippen LogP contribution in [0.3, 0.4) is 0 Å². The number of halogens is 1. The molecular weight excluding hydrogens is 361 g/mol. The lowest BCUT2D eigenvalue weighted by atomic mass is 10.2. The van der Waals surface area contributed by atoms with Gasteiger partial charge in [0.25, 0.3) is 11.6 Å². The number of nitro groups is 1. The monoisotopic (exact) mass is 379 g/mol. The molecule has 0 aliphatic carbocycles. The van der Waals surface area contributed by atoms with Crippen molar-refractivity contribution in [2.24, 2.45) is 7.05 Å². The van der Waals surface area contributed by atoms with Crippen LogP contribution in [0.2, 0.25) is 0 Å². The van der Waals surface area contributed by atoms with E-state index in [9.17, 15) is 24.1 Å². The van der Waals surface area contributed by atoms with Crippen LogP contribution < -0.4 is 4.74 Å². The van der Waals surface area contributed by atoms with Crippen molar-refractivity contribution in [3.8, 4) is 5.75 Å². The Bertz CT molecular complexity index is 880. The van der Waals surface area contributed by atoms with Gasteiger partial charge >= 0.3 is 5.97 Å². The maximum Gasteiger partial charge on any atom is 0.355 e. The van der Waals surface area contributed by atoms with E-state index < -0.39 is 29.2 Å². The lowest BCUT2D eigenvalue weighted by Gasteiger charge is -2.17. The lowest BCUT2D eigenvalue weighted by Crippen LogP contribution is -2.31. The summed E-state index contributed by atoms with van der Waals surface area (Å²) >= 11 is 0. The molecule has 0 aliphatic rings. The van der Waals surface area contributed by atoms with Crippen LogP contribution in [0.15, 0.2) is 30.5 Å². The Morgan fingerprint density at radius 2 is 2.04 bits per heavy atom. The minimum atomic E-state index is -0.858. The third-order valence-corrected chi connectivity index (χ3v) is 3.80. The average Bonchev–Trinajstić information content (AvgIpc) is 3.01. The Morgan fingerprint density at radius 1 is 1.33 bits per heavy atom. The number of likely N-dealkylation sites (N-methyl/N-ethyl adjacent to an activating group) is 1. The molecule has 0 fully saturated rings. The van der Waals surface area contributed by atoms with E-state index in [1.54, 1.807) is 6.07 Å². The van der Waals surface area contributed by atoms with Gasteiger partial charge in [0.2, 0.25) is 0 Å². The first-order valence-corrected chi connectivity index (χ1v) is 7.77. The van der Waals surface area contributed by atoms with Crippen molar-refractivity contribution in [2.45, 2.75) is 6.54 Å². The highest BCUT2D eigenvalue weighted by atomic mass is 19.1. The van der Waals surface area contributed by atoms with E-state index in [4.69, 9.17) is 9.47 Å². The fourth-order valence-corrected chi connectivity index (χ4v) is 2.33. The van der Waals surface area contributed by atoms with Gasteiger partial charge in [-0.3, -0.25) is 14.9 Å². The van der Waals surface area contributed by atoms with Crippen LogP contribution in [0.4, 0.5) is 10.1 Å². The van der Waals surface area contributed by atoms with Crippen LogP contribution in [0, 0.1) is 15.9 Å². The van der Waals surface area contributed by atoms with Crippen molar-refractivity contribution in [3.63, 3.8) is 0 Å². The molecule has 2 rings (SSSR count). The zero-order valence-corrected chi connectivity index (χ0v) is 15.0. The Balaban J connectivity index is 1.93. The molecule has 1 aromatic carbocycles. The predicted molar refractivity (Wildman–Crippen MR) is 91.8 cm³/mol. The van der Waals surface area contributed by atoms with E-state index >= 15 is 0 Å². The van der Waals surface area contributed by atoms with Crippen LogP contribution in [-0.4, -0.2) is 47.0 Å². The minimum absolute atomic E-state index is 0.0469. The topological polar surface area (TPSA) is 104 Å². The number of esters is 1. The molecule has 0 radical (unpaired) electrons. The fourth-order valence-electron chi connectivity index (χ4n) is 2.33. The van der Waals surface area contributed by atoms with Gasteiger partial charge in [0.15, 0.2) is 18.2 Å². The smallest absolute Gasteiger partial charge is 0.355 e. The Hall–Kier alpha value is -3.43. The van der Waals surface area contributed by atoms with Crippen LogP contribution >= 0.6 is 0 Å². The van der Waals surface area contributed by atoms with Crippen molar-refractivity contribution in [1.29, 1.82) is 0 Å². The number of amides is 1. The second-order valence-corrected chi connectivity index (χ2v) is 5.75. The van der Waals surface area contributed by atoms with Crippen molar-refractivity contribution in [2.75, 3.05) is 20.8 Å². The van der Waals surface area contributed by atoms with Crippen molar-refractivity contribution >= 4 is 17.6 Å². The van der Waals surface area contributed by atoms with E-state index in [1.165, 1.54) is 49.0 Å². The maximum absolute atomic E-state index is 13.7. The number of carbonyl (C=O) groups is 2. The van der Waals surface area contributed by atoms with Crippen LogP contribution in [0.5, 0.6) is 5.75 Å². The van der Waals surface area contributed by atoms with E-state index in [-0.39, 0.29) is 23.7 Å². The van der Waals surface area contributed by atoms with E-state index in [1.807, 2.05) is 0 Å². The molecule has 144 valence electrons. The van der Waals surface area contributed by atoms with Gasteiger partial charge in [0.1, 0.15) is 5.69 Å². The lowest BCUT2D eigenvalue weighted by molar-refractivity contribution is -0.384. The van der Waals surface area contributed by atoms with Gasteiger partial charge < -0.3 is 18.9 Å². The summed E-state index contributed by atoms with van der Waals surface area (Å²) < 4.78 is 24.7. The second kappa shape index (κ2) is 8.30. The molecule has 9 nitrogen and oxygen atoms in total. The number of ether oxygens (including phenoxy) is 2. The molecule has 0 atom stereocenters. The number of methoxy groups -OCH3 is 1. The highest BCUT2D eigenvalue weighted by Gasteiger charge is 2.20. The first kappa shape index (κ1) is 19.9. The summed E-state index contributed by atoms with van der Waals surface area (Å²) in [5, 5.41) is 10.7. The summed E-state index contributed by atoms with van der Waals surface area (Å²) in [4.78, 5) is 35.5. The highest BCUT2D eigenvalue weighted by molar-refractivity contribution is 5.90. The largest absolute Gasteiger partial charge is 0.494 e. The van der Waals surface area contributed by atoms with E-state index in [0.29, 0.717) is 5.56 Å². The molecule has 2 aromatic rings. The van der Waals surface area contributed by atoms with Crippen molar-refractivity contribution < 1.29 is 28.4 Å². The molecular formula is C17H18FN3O6. The number of benzene rings is 1. The summed E-state index contributed by atoms with van der Waals surface area (Å²) in [6.07, 6.45) is 1.17. The van der Waals surface area contributed by atoms with Gasteiger partial charge in [-0.05, 0) is 17.7 Å². The maximum atomic E-state index is 13.7. The first-order valence-electron chi connectivity index (χ1n) is 7.77. The number of aryl methyl sites for hydroxylation is 1. The third-order valence-electron chi connectivity index (χ3n) is 3.80. The molecule has 1 amide bonds. The molecule has 1 heterocycles. The highest BCUT2D eigenvalue weighted by Crippen LogP contribution is 2.19. The Labute approximate surface area is 154 Å². The summed E-state index contributed by atoms with van der Waals surface area (Å²) in [6.45, 7) is -0.445. The number of carbonyl (C=O) groups excluding carboxylic acids is 2. The van der Waals surface area contributed by atoms with Gasteiger partial charge in [0.05, 0.1) is 18.2 Å². The number of hydrogen-bond acceptors (Lipinski definition) is 6. The second-order valence-electron chi connectivity index (χ2n) is 5.75. The third kappa shape index (κ3) is 4.81. The fraction of sp³-hybridized carbons (Fsp3) is 0.294. The number of aromatic nitrogens is 1. The predicted octanol–water partition coefficient (Wildman–Crippen LogP) is 1.90. The quantitative estimate of drug-likeness (QED) is 0.413. The molecule has 0 bridgehead atoms. The van der Waals surface area contributed by atoms with E-state index in [0.717, 1.165) is 6.07 Å². The van der Waals surface area contributed by atoms with Crippen molar-refractivity contribution in [1.82, 2.24) is 9.47 Å². The molecule has 0 saturated heterocycles. The first-order chi connectivity index (χ1) is 12.7. The molecule has 0 spiro atoms. The normalized spacial score (nSPS) is 10.4. The Kier molecular flexibility index (Phi) is 6.11. The van der Waals surface area contributed by atoms with Gasteiger partial charge in [-0.1, -0.05) is 6.07 Å². The standard InChI is InChI=1S/C17H18FN3O6/c1-19-9-12(21(24)25)7-14(19)17(23)27-10-16(22)20(2)8-11-4-5-15(26-3)13(18)6-11/h4-7,9H,8,10H2,1-3H3. The summed E-state index contributed by atoms with van der Waals surface area (Å²) in [5.41, 5.74) is 0.234. The minimum Gasteiger partial charge on any atom is -0.494 e. The summed E-state index contributed by atoms with van der Waals surface area (Å²) in [7, 11) is 4.28. The summed E-state index contributed by atoms with van der Waals surface area (Å²) in [6, 6.07) is 5.38. The van der Waals surface area contributed by atoms with Crippen LogP contribution in [0.25, 0.3) is 0 Å². The summed E-state index contributed by atoms with van der Waals surface area (Å²) in [5.74, 6) is -1.82.